The first-order valence-corrected chi connectivity index (χ1v) is 10.3. The third-order valence-electron chi connectivity index (χ3n) is 6.69. The number of fused-ring (bicyclic) bond motifs is 1. The zero-order valence-corrected chi connectivity index (χ0v) is 15.7. The summed E-state index contributed by atoms with van der Waals surface area (Å²) < 4.78 is 5.95. The lowest BCUT2D eigenvalue weighted by molar-refractivity contribution is -0.147. The van der Waals surface area contributed by atoms with E-state index in [-0.39, 0.29) is 18.2 Å². The summed E-state index contributed by atoms with van der Waals surface area (Å²) in [5.41, 5.74) is 2.38. The second-order valence-electron chi connectivity index (χ2n) is 8.32. The SMILES string of the molecule is O=C(NCCc1ccc2ccccc2n1)N1CC2(CCC2)[C@@H]1[C@@H]1CCCO1. The van der Waals surface area contributed by atoms with E-state index in [2.05, 4.69) is 28.5 Å². The molecule has 2 atom stereocenters. The van der Waals surface area contributed by atoms with Gasteiger partial charge in [-0.1, -0.05) is 30.7 Å². The number of urea groups is 1. The number of hydrogen-bond donors (Lipinski definition) is 1. The maximum Gasteiger partial charge on any atom is 0.317 e. The van der Waals surface area contributed by atoms with Crippen molar-refractivity contribution in [2.45, 2.75) is 50.7 Å². The number of nitrogens with one attached hydrogen (secondary N) is 1. The second-order valence-corrected chi connectivity index (χ2v) is 8.32. The Morgan fingerprint density at radius 2 is 2.11 bits per heavy atom. The number of hydrogen-bond acceptors (Lipinski definition) is 3. The minimum Gasteiger partial charge on any atom is -0.376 e. The van der Waals surface area contributed by atoms with E-state index in [0.29, 0.717) is 12.0 Å². The topological polar surface area (TPSA) is 54.5 Å². The number of benzene rings is 1. The number of amides is 2. The molecule has 3 fully saturated rings. The van der Waals surface area contributed by atoms with Crippen molar-refractivity contribution in [2.75, 3.05) is 19.7 Å². The van der Waals surface area contributed by atoms with Crippen LogP contribution in [-0.2, 0) is 11.2 Å². The van der Waals surface area contributed by atoms with Gasteiger partial charge in [0.05, 0.1) is 17.7 Å². The van der Waals surface area contributed by atoms with Crippen molar-refractivity contribution in [2.24, 2.45) is 5.41 Å². The number of nitrogens with zero attached hydrogens (tertiary/aromatic N) is 2. The molecule has 3 aliphatic rings. The Hall–Kier alpha value is -2.14. The second kappa shape index (κ2) is 6.79. The molecular formula is C22H27N3O2. The van der Waals surface area contributed by atoms with E-state index >= 15 is 0 Å². The minimum atomic E-state index is 0.0637. The van der Waals surface area contributed by atoms with E-state index in [1.807, 2.05) is 23.1 Å². The van der Waals surface area contributed by atoms with Gasteiger partial charge in [-0.25, -0.2) is 4.79 Å². The van der Waals surface area contributed by atoms with E-state index in [0.717, 1.165) is 49.0 Å². The van der Waals surface area contributed by atoms with Crippen molar-refractivity contribution in [3.8, 4) is 0 Å². The van der Waals surface area contributed by atoms with E-state index in [1.165, 1.54) is 19.3 Å². The van der Waals surface area contributed by atoms with Crippen LogP contribution in [0.3, 0.4) is 0 Å². The van der Waals surface area contributed by atoms with Crippen LogP contribution < -0.4 is 5.32 Å². The third kappa shape index (κ3) is 2.98. The van der Waals surface area contributed by atoms with Gasteiger partial charge in [-0.3, -0.25) is 4.98 Å². The lowest BCUT2D eigenvalue weighted by atomic mass is 9.56. The van der Waals surface area contributed by atoms with Gasteiger partial charge >= 0.3 is 6.03 Å². The molecule has 1 aliphatic carbocycles. The molecule has 2 aromatic rings. The van der Waals surface area contributed by atoms with Crippen LogP contribution in [0.5, 0.6) is 0 Å². The Morgan fingerprint density at radius 1 is 1.22 bits per heavy atom. The van der Waals surface area contributed by atoms with Crippen molar-refractivity contribution < 1.29 is 9.53 Å². The molecule has 5 heteroatoms. The van der Waals surface area contributed by atoms with Gasteiger partial charge in [0, 0.05) is 42.6 Å². The van der Waals surface area contributed by atoms with E-state index < -0.39 is 0 Å². The summed E-state index contributed by atoms with van der Waals surface area (Å²) in [7, 11) is 0. The predicted molar refractivity (Wildman–Crippen MR) is 105 cm³/mol. The van der Waals surface area contributed by atoms with Crippen molar-refractivity contribution in [1.82, 2.24) is 15.2 Å². The Labute approximate surface area is 160 Å². The van der Waals surface area contributed by atoms with Gasteiger partial charge in [0.1, 0.15) is 0 Å². The molecule has 1 aromatic carbocycles. The van der Waals surface area contributed by atoms with Gasteiger partial charge in [-0.15, -0.1) is 0 Å². The zero-order valence-electron chi connectivity index (χ0n) is 15.7. The Balaban J connectivity index is 1.19. The normalized spacial score (nSPS) is 26.0. The van der Waals surface area contributed by atoms with Crippen molar-refractivity contribution >= 4 is 16.9 Å². The molecule has 1 aromatic heterocycles. The summed E-state index contributed by atoms with van der Waals surface area (Å²) in [4.78, 5) is 19.5. The zero-order chi connectivity index (χ0) is 18.3. The average Bonchev–Trinajstić information content (AvgIpc) is 3.13. The highest BCUT2D eigenvalue weighted by Gasteiger charge is 2.60. The van der Waals surface area contributed by atoms with E-state index in [1.54, 1.807) is 0 Å². The van der Waals surface area contributed by atoms with Crippen LogP contribution in [0.1, 0.15) is 37.8 Å². The molecule has 0 unspecified atom stereocenters. The van der Waals surface area contributed by atoms with Crippen molar-refractivity contribution in [1.29, 1.82) is 0 Å². The molecule has 1 N–H and O–H groups in total. The van der Waals surface area contributed by atoms with Gasteiger partial charge in [0.15, 0.2) is 0 Å². The van der Waals surface area contributed by atoms with Crippen LogP contribution >= 0.6 is 0 Å². The number of carbonyl (C=O) groups is 1. The summed E-state index contributed by atoms with van der Waals surface area (Å²) in [6.07, 6.45) is 7.02. The lowest BCUT2D eigenvalue weighted by Gasteiger charge is -2.63. The van der Waals surface area contributed by atoms with E-state index in [9.17, 15) is 4.79 Å². The highest BCUT2D eigenvalue weighted by Crippen LogP contribution is 2.55. The summed E-state index contributed by atoms with van der Waals surface area (Å²) >= 11 is 0. The number of ether oxygens (including phenoxy) is 1. The first kappa shape index (κ1) is 17.0. The number of pyridine rings is 1. The first-order valence-electron chi connectivity index (χ1n) is 10.3. The third-order valence-corrected chi connectivity index (χ3v) is 6.69. The highest BCUT2D eigenvalue weighted by atomic mass is 16.5. The Bertz CT molecular complexity index is 842. The van der Waals surface area contributed by atoms with Gasteiger partial charge in [-0.05, 0) is 37.8 Å². The molecule has 0 radical (unpaired) electrons. The summed E-state index contributed by atoms with van der Waals surface area (Å²) in [6.45, 7) is 2.36. The molecule has 27 heavy (non-hydrogen) atoms. The number of carbonyl (C=O) groups excluding carboxylic acids is 1. The molecule has 5 nitrogen and oxygen atoms in total. The number of likely N-dealkylation sites (tertiary alicyclic amines) is 1. The van der Waals surface area contributed by atoms with Crippen LogP contribution in [-0.4, -0.2) is 47.8 Å². The molecule has 0 bridgehead atoms. The predicted octanol–water partition coefficient (Wildman–Crippen LogP) is 3.52. The van der Waals surface area contributed by atoms with Gasteiger partial charge in [0.25, 0.3) is 0 Å². The van der Waals surface area contributed by atoms with Crippen LogP contribution in [0, 0.1) is 5.41 Å². The Kier molecular flexibility index (Phi) is 4.27. The highest BCUT2D eigenvalue weighted by molar-refractivity contribution is 5.78. The van der Waals surface area contributed by atoms with Crippen LogP contribution in [0.15, 0.2) is 36.4 Å². The van der Waals surface area contributed by atoms with Crippen molar-refractivity contribution in [3.05, 3.63) is 42.1 Å². The van der Waals surface area contributed by atoms with Crippen LogP contribution in [0.2, 0.25) is 0 Å². The van der Waals surface area contributed by atoms with Gasteiger partial charge in [0.2, 0.25) is 0 Å². The van der Waals surface area contributed by atoms with Crippen molar-refractivity contribution in [3.63, 3.8) is 0 Å². The molecule has 142 valence electrons. The maximum atomic E-state index is 12.8. The fourth-order valence-electron chi connectivity index (χ4n) is 5.13. The van der Waals surface area contributed by atoms with E-state index in [4.69, 9.17) is 4.74 Å². The van der Waals surface area contributed by atoms with Gasteiger partial charge < -0.3 is 15.0 Å². The summed E-state index contributed by atoms with van der Waals surface area (Å²) in [5, 5.41) is 4.26. The smallest absolute Gasteiger partial charge is 0.317 e. The number of para-hydroxylation sites is 1. The number of aromatic nitrogens is 1. The van der Waals surface area contributed by atoms with Crippen LogP contribution in [0.25, 0.3) is 10.9 Å². The fraction of sp³-hybridized carbons (Fsp3) is 0.545. The number of rotatable bonds is 4. The molecule has 2 aliphatic heterocycles. The largest absolute Gasteiger partial charge is 0.376 e. The maximum absolute atomic E-state index is 12.8. The molecule has 5 rings (SSSR count). The standard InChI is InChI=1S/C22H27N3O2/c26-21(23-13-10-17-9-8-16-5-1-2-6-18(16)24-17)25-15-22(11-4-12-22)20(25)19-7-3-14-27-19/h1-2,5-6,8-9,19-20H,3-4,7,10-15H2,(H,23,26)/t19-,20-/m0/s1. The van der Waals surface area contributed by atoms with Crippen LogP contribution in [0.4, 0.5) is 4.79 Å². The molecule has 2 saturated heterocycles. The summed E-state index contributed by atoms with van der Waals surface area (Å²) in [5.74, 6) is 0. The monoisotopic (exact) mass is 365 g/mol. The quantitative estimate of drug-likeness (QED) is 0.902. The fourth-order valence-corrected chi connectivity index (χ4v) is 5.13. The minimum absolute atomic E-state index is 0.0637. The lowest BCUT2D eigenvalue weighted by Crippen LogP contribution is -2.73. The molecule has 2 amide bonds. The average molecular weight is 365 g/mol. The van der Waals surface area contributed by atoms with Gasteiger partial charge in [-0.2, -0.15) is 0 Å². The molecule has 1 spiro atoms. The molecular weight excluding hydrogens is 338 g/mol. The summed E-state index contributed by atoms with van der Waals surface area (Å²) in [6, 6.07) is 12.6. The molecule has 3 heterocycles. The first-order chi connectivity index (χ1) is 13.3. The molecule has 1 saturated carbocycles. The Morgan fingerprint density at radius 3 is 2.89 bits per heavy atom.